The van der Waals surface area contributed by atoms with E-state index in [0.717, 1.165) is 40.6 Å². The number of aromatic nitrogens is 2. The van der Waals surface area contributed by atoms with Gasteiger partial charge in [-0.15, -0.1) is 0 Å². The molecule has 1 fully saturated rings. The van der Waals surface area contributed by atoms with Gasteiger partial charge in [0.2, 0.25) is 11.3 Å². The lowest BCUT2D eigenvalue weighted by Gasteiger charge is -2.19. The van der Waals surface area contributed by atoms with Crippen LogP contribution in [0.1, 0.15) is 54.2 Å². The summed E-state index contributed by atoms with van der Waals surface area (Å²) in [7, 11) is 1.70. The predicted molar refractivity (Wildman–Crippen MR) is 124 cm³/mol. The highest BCUT2D eigenvalue weighted by Gasteiger charge is 2.28. The maximum absolute atomic E-state index is 13.1. The van der Waals surface area contributed by atoms with Crippen molar-refractivity contribution < 1.29 is 14.3 Å². The van der Waals surface area contributed by atoms with Crippen LogP contribution in [0.4, 0.5) is 5.82 Å². The first-order chi connectivity index (χ1) is 15.2. The Balaban J connectivity index is 1.90. The number of pyridine rings is 2. The molecule has 1 aliphatic rings. The smallest absolute Gasteiger partial charge is 0.343 e. The summed E-state index contributed by atoms with van der Waals surface area (Å²) < 4.78 is 7.16. The standard InChI is InChI=1S/C25H27N3O4/c1-6-32-25(31)21-13-28(18-7-8-18)22-15(3)19(9-10-20(22)23(21)30)17-11-14(2)24(26-12-17)27(5)16(4)29/h9-13,18H,6-8H2,1-5H3. The highest BCUT2D eigenvalue weighted by molar-refractivity contribution is 5.96. The van der Waals surface area contributed by atoms with Gasteiger partial charge >= 0.3 is 5.97 Å². The van der Waals surface area contributed by atoms with E-state index in [-0.39, 0.29) is 29.5 Å². The summed E-state index contributed by atoms with van der Waals surface area (Å²) in [6.07, 6.45) is 5.43. The third-order valence-electron chi connectivity index (χ3n) is 6.03. The number of esters is 1. The molecular formula is C25H27N3O4. The number of benzene rings is 1. The van der Waals surface area contributed by atoms with Gasteiger partial charge in [-0.2, -0.15) is 0 Å². The lowest BCUT2D eigenvalue weighted by atomic mass is 9.96. The SMILES string of the molecule is CCOC(=O)c1cn(C2CC2)c2c(C)c(-c3cnc(N(C)C(C)=O)c(C)c3)ccc2c1=O. The monoisotopic (exact) mass is 433 g/mol. The van der Waals surface area contributed by atoms with Crippen molar-refractivity contribution in [3.05, 3.63) is 57.5 Å². The second kappa shape index (κ2) is 8.22. The molecule has 0 bridgehead atoms. The van der Waals surface area contributed by atoms with Gasteiger partial charge in [0.05, 0.1) is 12.1 Å². The molecule has 0 spiro atoms. The molecule has 0 saturated heterocycles. The van der Waals surface area contributed by atoms with Gasteiger partial charge in [-0.1, -0.05) is 6.07 Å². The first-order valence-electron chi connectivity index (χ1n) is 10.8. The molecule has 7 heteroatoms. The minimum absolute atomic E-state index is 0.0764. The van der Waals surface area contributed by atoms with E-state index < -0.39 is 5.97 Å². The van der Waals surface area contributed by atoms with E-state index in [4.69, 9.17) is 4.74 Å². The van der Waals surface area contributed by atoms with Crippen LogP contribution < -0.4 is 10.3 Å². The van der Waals surface area contributed by atoms with Gasteiger partial charge in [0.25, 0.3) is 0 Å². The number of hydrogen-bond acceptors (Lipinski definition) is 5. The number of anilines is 1. The largest absolute Gasteiger partial charge is 0.462 e. The summed E-state index contributed by atoms with van der Waals surface area (Å²) in [5.74, 6) is -0.0460. The van der Waals surface area contributed by atoms with Gasteiger partial charge < -0.3 is 9.30 Å². The fourth-order valence-corrected chi connectivity index (χ4v) is 4.15. The van der Waals surface area contributed by atoms with Crippen molar-refractivity contribution in [2.45, 2.75) is 46.6 Å². The van der Waals surface area contributed by atoms with Crippen LogP contribution in [0.5, 0.6) is 0 Å². The Morgan fingerprint density at radius 2 is 1.97 bits per heavy atom. The second-order valence-corrected chi connectivity index (χ2v) is 8.31. The number of nitrogens with zero attached hydrogens (tertiary/aromatic N) is 3. The Hall–Kier alpha value is -3.48. The Labute approximate surface area is 186 Å². The molecule has 32 heavy (non-hydrogen) atoms. The molecule has 2 aromatic heterocycles. The third-order valence-corrected chi connectivity index (χ3v) is 6.03. The zero-order valence-electron chi connectivity index (χ0n) is 19.1. The topological polar surface area (TPSA) is 81.5 Å². The molecule has 1 amide bonds. The van der Waals surface area contributed by atoms with E-state index in [1.54, 1.807) is 32.4 Å². The number of ether oxygens (including phenoxy) is 1. The number of carbonyl (C=O) groups excluding carboxylic acids is 2. The van der Waals surface area contributed by atoms with E-state index in [1.165, 1.54) is 11.8 Å². The summed E-state index contributed by atoms with van der Waals surface area (Å²) in [4.78, 5) is 43.3. The molecule has 0 unspecified atom stereocenters. The predicted octanol–water partition coefficient (Wildman–Crippen LogP) is 4.17. The molecule has 166 valence electrons. The zero-order chi connectivity index (χ0) is 23.2. The maximum atomic E-state index is 13.1. The number of hydrogen-bond donors (Lipinski definition) is 0. The van der Waals surface area contributed by atoms with Gasteiger partial charge in [-0.05, 0) is 62.4 Å². The van der Waals surface area contributed by atoms with Gasteiger partial charge in [-0.25, -0.2) is 9.78 Å². The minimum Gasteiger partial charge on any atom is -0.462 e. The van der Waals surface area contributed by atoms with E-state index in [1.807, 2.05) is 26.0 Å². The first kappa shape index (κ1) is 21.7. The quantitative estimate of drug-likeness (QED) is 0.564. The van der Waals surface area contributed by atoms with E-state index in [2.05, 4.69) is 9.55 Å². The van der Waals surface area contributed by atoms with Crippen molar-refractivity contribution >= 4 is 28.6 Å². The molecule has 0 aliphatic heterocycles. The lowest BCUT2D eigenvalue weighted by molar-refractivity contribution is -0.116. The summed E-state index contributed by atoms with van der Waals surface area (Å²) >= 11 is 0. The fourth-order valence-electron chi connectivity index (χ4n) is 4.15. The summed E-state index contributed by atoms with van der Waals surface area (Å²) in [5, 5.41) is 0.515. The maximum Gasteiger partial charge on any atom is 0.343 e. The molecule has 4 rings (SSSR count). The van der Waals surface area contributed by atoms with Crippen molar-refractivity contribution in [3.8, 4) is 11.1 Å². The number of amides is 1. The molecule has 0 atom stereocenters. The highest BCUT2D eigenvalue weighted by atomic mass is 16.5. The van der Waals surface area contributed by atoms with E-state index in [0.29, 0.717) is 11.2 Å². The second-order valence-electron chi connectivity index (χ2n) is 8.31. The van der Waals surface area contributed by atoms with Crippen LogP contribution in [0, 0.1) is 13.8 Å². The summed E-state index contributed by atoms with van der Waals surface area (Å²) in [6.45, 7) is 7.37. The van der Waals surface area contributed by atoms with Crippen molar-refractivity contribution in [1.29, 1.82) is 0 Å². The van der Waals surface area contributed by atoms with Gasteiger partial charge in [-0.3, -0.25) is 14.5 Å². The van der Waals surface area contributed by atoms with Crippen LogP contribution >= 0.6 is 0 Å². The van der Waals surface area contributed by atoms with Gasteiger partial charge in [0, 0.05) is 43.4 Å². The number of rotatable bonds is 5. The Morgan fingerprint density at radius 1 is 1.25 bits per heavy atom. The Bertz CT molecular complexity index is 1300. The van der Waals surface area contributed by atoms with Crippen molar-refractivity contribution in [3.63, 3.8) is 0 Å². The van der Waals surface area contributed by atoms with Crippen LogP contribution in [0.25, 0.3) is 22.0 Å². The number of aryl methyl sites for hydroxylation is 2. The Morgan fingerprint density at radius 3 is 2.56 bits per heavy atom. The summed E-state index contributed by atoms with van der Waals surface area (Å²) in [5.41, 5.74) is 4.32. The molecule has 1 aliphatic carbocycles. The number of carbonyl (C=O) groups is 2. The van der Waals surface area contributed by atoms with Crippen molar-refractivity contribution in [2.75, 3.05) is 18.6 Å². The molecule has 1 aromatic carbocycles. The van der Waals surface area contributed by atoms with Crippen molar-refractivity contribution in [1.82, 2.24) is 9.55 Å². The molecular weight excluding hydrogens is 406 g/mol. The molecule has 2 heterocycles. The van der Waals surface area contributed by atoms with Crippen LogP contribution in [-0.2, 0) is 9.53 Å². The van der Waals surface area contributed by atoms with Crippen LogP contribution in [-0.4, -0.2) is 35.1 Å². The van der Waals surface area contributed by atoms with Crippen LogP contribution in [0.15, 0.2) is 35.4 Å². The van der Waals surface area contributed by atoms with E-state index >= 15 is 0 Å². The lowest BCUT2D eigenvalue weighted by Crippen LogP contribution is -2.24. The zero-order valence-corrected chi connectivity index (χ0v) is 19.1. The highest BCUT2D eigenvalue weighted by Crippen LogP contribution is 2.39. The average molecular weight is 434 g/mol. The number of fused-ring (bicyclic) bond motifs is 1. The molecule has 3 aromatic rings. The molecule has 7 nitrogen and oxygen atoms in total. The van der Waals surface area contributed by atoms with Crippen LogP contribution in [0.2, 0.25) is 0 Å². The van der Waals surface area contributed by atoms with Gasteiger partial charge in [0.1, 0.15) is 11.4 Å². The summed E-state index contributed by atoms with van der Waals surface area (Å²) in [6, 6.07) is 5.96. The third kappa shape index (κ3) is 3.68. The minimum atomic E-state index is -0.583. The first-order valence-corrected chi connectivity index (χ1v) is 10.8. The Kier molecular flexibility index (Phi) is 5.59. The molecule has 0 radical (unpaired) electrons. The van der Waals surface area contributed by atoms with Crippen LogP contribution in [0.3, 0.4) is 0 Å². The van der Waals surface area contributed by atoms with Gasteiger partial charge in [0.15, 0.2) is 0 Å². The normalized spacial score (nSPS) is 13.3. The molecule has 0 N–H and O–H groups in total. The molecule has 1 saturated carbocycles. The van der Waals surface area contributed by atoms with Crippen molar-refractivity contribution in [2.24, 2.45) is 0 Å². The van der Waals surface area contributed by atoms with E-state index in [9.17, 15) is 14.4 Å². The average Bonchev–Trinajstić information content (AvgIpc) is 3.59. The fraction of sp³-hybridized carbons (Fsp3) is 0.360.